The predicted octanol–water partition coefficient (Wildman–Crippen LogP) is 4.20. The molecule has 3 atom stereocenters. The van der Waals surface area contributed by atoms with Crippen molar-refractivity contribution in [2.45, 2.75) is 24.9 Å². The van der Waals surface area contributed by atoms with Crippen molar-refractivity contribution in [2.24, 2.45) is 10.5 Å². The molecule has 3 aliphatic rings. The minimum Gasteiger partial charge on any atom is -0.298 e. The van der Waals surface area contributed by atoms with Gasteiger partial charge in [0.25, 0.3) is 0 Å². The molecule has 0 N–H and O–H groups in total. The van der Waals surface area contributed by atoms with Crippen LogP contribution >= 0.6 is 0 Å². The first-order valence-corrected chi connectivity index (χ1v) is 10.7. The summed E-state index contributed by atoms with van der Waals surface area (Å²) in [5.74, 6) is -1.22. The van der Waals surface area contributed by atoms with Gasteiger partial charge < -0.3 is 0 Å². The molecule has 0 amide bonds. The van der Waals surface area contributed by atoms with Crippen LogP contribution in [0.15, 0.2) is 84.0 Å². The summed E-state index contributed by atoms with van der Waals surface area (Å²) in [6.07, 6.45) is 1.72. The lowest BCUT2D eigenvalue weighted by Crippen LogP contribution is -2.43. The molecule has 0 radical (unpaired) electrons. The van der Waals surface area contributed by atoms with Crippen LogP contribution in [0.4, 0.5) is 0 Å². The fourth-order valence-electron chi connectivity index (χ4n) is 5.96. The first-order valence-electron chi connectivity index (χ1n) is 10.7. The van der Waals surface area contributed by atoms with E-state index in [-0.39, 0.29) is 17.3 Å². The third-order valence-corrected chi connectivity index (χ3v) is 7.15. The summed E-state index contributed by atoms with van der Waals surface area (Å²) in [5.41, 5.74) is 1.89. The number of carbonyl (C=O) groups excluding carboxylic acids is 3. The van der Waals surface area contributed by atoms with Crippen molar-refractivity contribution in [3.05, 3.63) is 107 Å². The zero-order chi connectivity index (χ0) is 22.0. The Labute approximate surface area is 185 Å². The van der Waals surface area contributed by atoms with Crippen molar-refractivity contribution in [1.82, 2.24) is 5.01 Å². The van der Waals surface area contributed by atoms with Crippen LogP contribution in [-0.4, -0.2) is 34.6 Å². The summed E-state index contributed by atoms with van der Waals surface area (Å²) in [4.78, 5) is 41.6. The third-order valence-electron chi connectivity index (χ3n) is 7.15. The monoisotopic (exact) mass is 420 g/mol. The van der Waals surface area contributed by atoms with E-state index in [9.17, 15) is 14.4 Å². The first-order chi connectivity index (χ1) is 15.6. The highest BCUT2D eigenvalue weighted by Gasteiger charge is 2.72. The molecular formula is C27H20N2O3. The largest absolute Gasteiger partial charge is 0.298 e. The Bertz CT molecular complexity index is 1290. The Balaban J connectivity index is 1.72. The van der Waals surface area contributed by atoms with Crippen molar-refractivity contribution in [2.75, 3.05) is 0 Å². The van der Waals surface area contributed by atoms with Crippen molar-refractivity contribution >= 4 is 23.6 Å². The van der Waals surface area contributed by atoms with Crippen LogP contribution in [0.2, 0.25) is 0 Å². The van der Waals surface area contributed by atoms with E-state index in [2.05, 4.69) is 5.10 Å². The first kappa shape index (κ1) is 18.9. The quantitative estimate of drug-likeness (QED) is 0.583. The van der Waals surface area contributed by atoms with Gasteiger partial charge in [-0.2, -0.15) is 5.10 Å². The van der Waals surface area contributed by atoms with Gasteiger partial charge in [-0.25, -0.2) is 0 Å². The van der Waals surface area contributed by atoms with Gasteiger partial charge in [0.2, 0.25) is 0 Å². The van der Waals surface area contributed by atoms with Crippen LogP contribution in [-0.2, 0) is 4.79 Å². The number of hydrogen-bond donors (Lipinski definition) is 0. The topological polar surface area (TPSA) is 66.8 Å². The van der Waals surface area contributed by atoms with Gasteiger partial charge in [-0.05, 0) is 23.6 Å². The maximum Gasteiger partial charge on any atom is 0.180 e. The summed E-state index contributed by atoms with van der Waals surface area (Å²) in [7, 11) is 0. The summed E-state index contributed by atoms with van der Waals surface area (Å²) in [6.45, 7) is 1.52. The zero-order valence-electron chi connectivity index (χ0n) is 17.4. The molecule has 2 heterocycles. The van der Waals surface area contributed by atoms with Crippen LogP contribution in [0.1, 0.15) is 56.3 Å². The standard InChI is InChI=1S/C27H20N2O3/c1-16(30)23-22(17-9-3-2-4-10-17)27(25(31)20-13-7-8-14-21(20)26(27)32)24-19-12-6-5-11-18(19)15-28-29(23)24/h2-15,22-24H,1H3/t22-,23+,24-/m1/s1. The number of Topliss-reactive ketones (excluding diaryl/α,β-unsaturated/α-hetero) is 3. The van der Waals surface area contributed by atoms with E-state index in [1.807, 2.05) is 54.6 Å². The van der Waals surface area contributed by atoms with E-state index >= 15 is 0 Å². The average Bonchev–Trinajstić information content (AvgIpc) is 3.26. The Kier molecular flexibility index (Phi) is 3.87. The molecule has 6 rings (SSSR count). The number of rotatable bonds is 2. The highest BCUT2D eigenvalue weighted by atomic mass is 16.2. The second kappa shape index (κ2) is 6.57. The van der Waals surface area contributed by atoms with Gasteiger partial charge in [-0.1, -0.05) is 78.9 Å². The van der Waals surface area contributed by atoms with E-state index < -0.39 is 23.4 Å². The second-order valence-corrected chi connectivity index (χ2v) is 8.67. The summed E-state index contributed by atoms with van der Waals surface area (Å²) in [5, 5.41) is 6.36. The van der Waals surface area contributed by atoms with Crippen molar-refractivity contribution in [1.29, 1.82) is 0 Å². The van der Waals surface area contributed by atoms with Gasteiger partial charge in [0.15, 0.2) is 17.3 Å². The van der Waals surface area contributed by atoms with E-state index in [1.165, 1.54) is 6.92 Å². The second-order valence-electron chi connectivity index (χ2n) is 8.67. The van der Waals surface area contributed by atoms with E-state index in [0.717, 1.165) is 16.7 Å². The lowest BCUT2D eigenvalue weighted by atomic mass is 9.63. The summed E-state index contributed by atoms with van der Waals surface area (Å²) >= 11 is 0. The highest BCUT2D eigenvalue weighted by molar-refractivity contribution is 6.31. The van der Waals surface area contributed by atoms with Gasteiger partial charge in [-0.3, -0.25) is 19.4 Å². The Hall–Kier alpha value is -3.86. The molecule has 2 aliphatic heterocycles. The minimum atomic E-state index is -1.46. The van der Waals surface area contributed by atoms with Crippen LogP contribution in [0.3, 0.4) is 0 Å². The highest BCUT2D eigenvalue weighted by Crippen LogP contribution is 2.64. The molecule has 0 bridgehead atoms. The van der Waals surface area contributed by atoms with Gasteiger partial charge in [-0.15, -0.1) is 0 Å². The van der Waals surface area contributed by atoms with Crippen LogP contribution in [0.5, 0.6) is 0 Å². The molecule has 3 aromatic rings. The SMILES string of the molecule is CC(=O)[C@H]1[C@@H](c2ccccc2)C2(C(=O)c3ccccc3C2=O)[C@H]2c3ccccc3C=NN12. The Morgan fingerprint density at radius 1 is 0.844 bits per heavy atom. The number of hydrazone groups is 1. The molecule has 0 saturated carbocycles. The smallest absolute Gasteiger partial charge is 0.180 e. The molecule has 0 aromatic heterocycles. The Morgan fingerprint density at radius 3 is 2.09 bits per heavy atom. The van der Waals surface area contributed by atoms with Crippen LogP contribution < -0.4 is 0 Å². The lowest BCUT2D eigenvalue weighted by Gasteiger charge is -2.36. The molecule has 1 fully saturated rings. The number of hydrogen-bond acceptors (Lipinski definition) is 5. The molecule has 5 nitrogen and oxygen atoms in total. The number of nitrogens with zero attached hydrogens (tertiary/aromatic N) is 2. The third kappa shape index (κ3) is 2.18. The summed E-state index contributed by atoms with van der Waals surface area (Å²) < 4.78 is 0. The van der Waals surface area contributed by atoms with Crippen molar-refractivity contribution in [3.63, 3.8) is 0 Å². The van der Waals surface area contributed by atoms with E-state index in [1.54, 1.807) is 35.5 Å². The molecular weight excluding hydrogens is 400 g/mol. The molecule has 5 heteroatoms. The molecule has 32 heavy (non-hydrogen) atoms. The zero-order valence-corrected chi connectivity index (χ0v) is 17.4. The molecule has 1 saturated heterocycles. The van der Waals surface area contributed by atoms with Gasteiger partial charge in [0, 0.05) is 17.0 Å². The van der Waals surface area contributed by atoms with Crippen molar-refractivity contribution < 1.29 is 14.4 Å². The van der Waals surface area contributed by atoms with E-state index in [4.69, 9.17) is 0 Å². The normalized spacial score (nSPS) is 24.4. The molecule has 0 unspecified atom stereocenters. The van der Waals surface area contributed by atoms with E-state index in [0.29, 0.717) is 11.1 Å². The maximum atomic E-state index is 14.2. The molecule has 156 valence electrons. The van der Waals surface area contributed by atoms with Gasteiger partial charge in [0.05, 0.1) is 12.3 Å². The lowest BCUT2D eigenvalue weighted by molar-refractivity contribution is -0.122. The molecule has 1 spiro atoms. The number of fused-ring (bicyclic) bond motifs is 5. The fourth-order valence-corrected chi connectivity index (χ4v) is 5.96. The van der Waals surface area contributed by atoms with Gasteiger partial charge >= 0.3 is 0 Å². The number of benzene rings is 3. The van der Waals surface area contributed by atoms with Crippen LogP contribution in [0.25, 0.3) is 0 Å². The molecule has 1 aliphatic carbocycles. The van der Waals surface area contributed by atoms with Crippen LogP contribution in [0, 0.1) is 5.41 Å². The number of ketones is 3. The number of carbonyl (C=O) groups is 3. The predicted molar refractivity (Wildman–Crippen MR) is 120 cm³/mol. The average molecular weight is 420 g/mol. The maximum absolute atomic E-state index is 14.2. The minimum absolute atomic E-state index is 0.117. The molecule has 3 aromatic carbocycles. The Morgan fingerprint density at radius 2 is 1.44 bits per heavy atom. The van der Waals surface area contributed by atoms with Crippen molar-refractivity contribution in [3.8, 4) is 0 Å². The summed E-state index contributed by atoms with van der Waals surface area (Å²) in [6, 6.07) is 22.7. The van der Waals surface area contributed by atoms with Gasteiger partial charge in [0.1, 0.15) is 11.5 Å². The fraction of sp³-hybridized carbons (Fsp3) is 0.185.